The van der Waals surface area contributed by atoms with E-state index >= 15 is 0 Å². The van der Waals surface area contributed by atoms with Crippen molar-refractivity contribution in [3.05, 3.63) is 0 Å². The number of carbonyl (C=O) groups is 2. The van der Waals surface area contributed by atoms with Gasteiger partial charge in [-0.15, -0.1) is 0 Å². The van der Waals surface area contributed by atoms with Crippen molar-refractivity contribution < 1.29 is 14.3 Å². The first kappa shape index (κ1) is 12.9. The van der Waals surface area contributed by atoms with E-state index in [2.05, 4.69) is 10.6 Å². The standard InChI is InChI=1S/C9H18N2O3/c1-5-14-9(13)7(3)11-6(2)8(12)10-4/h6-7,11H,5H2,1-4H3,(H,10,12). The number of likely N-dealkylation sites (N-methyl/N-ethyl adjacent to an activating group) is 1. The highest BCUT2D eigenvalue weighted by Crippen LogP contribution is 1.91. The molecule has 5 nitrogen and oxygen atoms in total. The summed E-state index contributed by atoms with van der Waals surface area (Å²) in [4.78, 5) is 22.3. The fourth-order valence-electron chi connectivity index (χ4n) is 1.00. The molecule has 2 N–H and O–H groups in total. The van der Waals surface area contributed by atoms with E-state index in [0.717, 1.165) is 0 Å². The van der Waals surface area contributed by atoms with Crippen LogP contribution in [0.15, 0.2) is 0 Å². The number of rotatable bonds is 5. The number of amides is 1. The molecule has 0 aliphatic carbocycles. The molecule has 0 fully saturated rings. The summed E-state index contributed by atoms with van der Waals surface area (Å²) < 4.78 is 4.78. The van der Waals surface area contributed by atoms with Crippen LogP contribution in [0.1, 0.15) is 20.8 Å². The van der Waals surface area contributed by atoms with E-state index in [4.69, 9.17) is 4.74 Å². The normalized spacial score (nSPS) is 14.3. The van der Waals surface area contributed by atoms with Crippen LogP contribution in [-0.4, -0.2) is 37.6 Å². The van der Waals surface area contributed by atoms with Gasteiger partial charge in [0.05, 0.1) is 12.6 Å². The third-order valence-corrected chi connectivity index (χ3v) is 1.78. The number of nitrogens with one attached hydrogen (secondary N) is 2. The first-order chi connectivity index (χ1) is 6.52. The summed E-state index contributed by atoms with van der Waals surface area (Å²) in [7, 11) is 1.55. The second-order valence-electron chi connectivity index (χ2n) is 2.98. The van der Waals surface area contributed by atoms with E-state index < -0.39 is 12.1 Å². The maximum atomic E-state index is 11.2. The summed E-state index contributed by atoms with van der Waals surface area (Å²) in [5, 5.41) is 5.32. The SMILES string of the molecule is CCOC(=O)C(C)NC(C)C(=O)NC. The number of hydrogen-bond acceptors (Lipinski definition) is 4. The zero-order valence-electron chi connectivity index (χ0n) is 9.09. The summed E-state index contributed by atoms with van der Waals surface area (Å²) in [6.07, 6.45) is 0. The summed E-state index contributed by atoms with van der Waals surface area (Å²) in [6.45, 7) is 5.44. The minimum Gasteiger partial charge on any atom is -0.465 e. The number of hydrogen-bond donors (Lipinski definition) is 2. The molecule has 0 aromatic heterocycles. The number of ether oxygens (including phenoxy) is 1. The molecular formula is C9H18N2O3. The first-order valence-electron chi connectivity index (χ1n) is 4.67. The Morgan fingerprint density at radius 3 is 2.29 bits per heavy atom. The van der Waals surface area contributed by atoms with Gasteiger partial charge >= 0.3 is 5.97 Å². The molecule has 14 heavy (non-hydrogen) atoms. The van der Waals surface area contributed by atoms with Crippen molar-refractivity contribution in [2.24, 2.45) is 0 Å². The van der Waals surface area contributed by atoms with Gasteiger partial charge in [0.15, 0.2) is 0 Å². The van der Waals surface area contributed by atoms with Gasteiger partial charge in [-0.2, -0.15) is 0 Å². The average Bonchev–Trinajstić information content (AvgIpc) is 2.16. The third kappa shape index (κ3) is 4.23. The van der Waals surface area contributed by atoms with Crippen molar-refractivity contribution in [2.45, 2.75) is 32.9 Å². The lowest BCUT2D eigenvalue weighted by molar-refractivity contribution is -0.145. The molecule has 0 aromatic rings. The highest BCUT2D eigenvalue weighted by atomic mass is 16.5. The quantitative estimate of drug-likeness (QED) is 0.599. The van der Waals surface area contributed by atoms with Gasteiger partial charge in [0, 0.05) is 7.05 Å². The lowest BCUT2D eigenvalue weighted by atomic mass is 10.2. The van der Waals surface area contributed by atoms with E-state index in [9.17, 15) is 9.59 Å². The molecule has 0 aliphatic heterocycles. The molecule has 0 heterocycles. The van der Waals surface area contributed by atoms with Crippen molar-refractivity contribution in [3.8, 4) is 0 Å². The van der Waals surface area contributed by atoms with Crippen LogP contribution in [-0.2, 0) is 14.3 Å². The highest BCUT2D eigenvalue weighted by Gasteiger charge is 2.19. The van der Waals surface area contributed by atoms with Crippen LogP contribution in [0.4, 0.5) is 0 Å². The Kier molecular flexibility index (Phi) is 5.87. The molecule has 0 saturated heterocycles. The van der Waals surface area contributed by atoms with E-state index in [0.29, 0.717) is 6.61 Å². The predicted molar refractivity (Wildman–Crippen MR) is 52.8 cm³/mol. The third-order valence-electron chi connectivity index (χ3n) is 1.78. The van der Waals surface area contributed by atoms with Crippen LogP contribution in [0.3, 0.4) is 0 Å². The van der Waals surface area contributed by atoms with Gasteiger partial charge in [-0.05, 0) is 20.8 Å². The maximum absolute atomic E-state index is 11.2. The minimum atomic E-state index is -0.470. The molecule has 2 unspecified atom stereocenters. The monoisotopic (exact) mass is 202 g/mol. The fraction of sp³-hybridized carbons (Fsp3) is 0.778. The Morgan fingerprint density at radius 1 is 1.29 bits per heavy atom. The van der Waals surface area contributed by atoms with E-state index in [1.807, 2.05) is 0 Å². The van der Waals surface area contributed by atoms with Crippen LogP contribution in [0, 0.1) is 0 Å². The Hall–Kier alpha value is -1.10. The Labute approximate surface area is 84.2 Å². The lowest BCUT2D eigenvalue weighted by Crippen LogP contribution is -2.47. The second kappa shape index (κ2) is 6.37. The van der Waals surface area contributed by atoms with Crippen molar-refractivity contribution in [1.82, 2.24) is 10.6 Å². The summed E-state index contributed by atoms with van der Waals surface area (Å²) >= 11 is 0. The number of esters is 1. The van der Waals surface area contributed by atoms with Gasteiger partial charge in [0.25, 0.3) is 0 Å². The molecule has 0 radical (unpaired) electrons. The molecule has 0 aromatic carbocycles. The zero-order valence-corrected chi connectivity index (χ0v) is 9.09. The van der Waals surface area contributed by atoms with Gasteiger partial charge in [-0.3, -0.25) is 14.9 Å². The van der Waals surface area contributed by atoms with Crippen LogP contribution in [0.5, 0.6) is 0 Å². The van der Waals surface area contributed by atoms with Crippen molar-refractivity contribution in [2.75, 3.05) is 13.7 Å². The van der Waals surface area contributed by atoms with Crippen LogP contribution < -0.4 is 10.6 Å². The van der Waals surface area contributed by atoms with Crippen molar-refractivity contribution >= 4 is 11.9 Å². The number of carbonyl (C=O) groups excluding carboxylic acids is 2. The summed E-state index contributed by atoms with van der Waals surface area (Å²) in [5.41, 5.74) is 0. The molecule has 2 atom stereocenters. The van der Waals surface area contributed by atoms with E-state index in [1.165, 1.54) is 0 Å². The Balaban J connectivity index is 3.98. The summed E-state index contributed by atoms with van der Waals surface area (Å²) in [6, 6.07) is -0.873. The smallest absolute Gasteiger partial charge is 0.322 e. The zero-order chi connectivity index (χ0) is 11.1. The van der Waals surface area contributed by atoms with E-state index in [-0.39, 0.29) is 11.9 Å². The van der Waals surface area contributed by atoms with E-state index in [1.54, 1.807) is 27.8 Å². The van der Waals surface area contributed by atoms with Gasteiger partial charge in [0.1, 0.15) is 6.04 Å². The van der Waals surface area contributed by atoms with Gasteiger partial charge in [-0.25, -0.2) is 0 Å². The molecule has 0 bridgehead atoms. The second-order valence-corrected chi connectivity index (χ2v) is 2.98. The predicted octanol–water partition coefficient (Wildman–Crippen LogP) is -0.338. The van der Waals surface area contributed by atoms with Crippen LogP contribution in [0.2, 0.25) is 0 Å². The van der Waals surface area contributed by atoms with Crippen molar-refractivity contribution in [3.63, 3.8) is 0 Å². The molecule has 0 aliphatic rings. The first-order valence-corrected chi connectivity index (χ1v) is 4.67. The summed E-state index contributed by atoms with van der Waals surface area (Å²) in [5.74, 6) is -0.496. The van der Waals surface area contributed by atoms with Crippen LogP contribution in [0.25, 0.3) is 0 Å². The molecule has 0 spiro atoms. The van der Waals surface area contributed by atoms with Gasteiger partial charge in [-0.1, -0.05) is 0 Å². The largest absolute Gasteiger partial charge is 0.465 e. The molecule has 82 valence electrons. The average molecular weight is 202 g/mol. The van der Waals surface area contributed by atoms with Gasteiger partial charge < -0.3 is 10.1 Å². The van der Waals surface area contributed by atoms with Crippen molar-refractivity contribution in [1.29, 1.82) is 0 Å². The molecule has 5 heteroatoms. The highest BCUT2D eigenvalue weighted by molar-refractivity contribution is 5.82. The topological polar surface area (TPSA) is 67.4 Å². The molecule has 1 amide bonds. The fourth-order valence-corrected chi connectivity index (χ4v) is 1.00. The molecular weight excluding hydrogens is 184 g/mol. The van der Waals surface area contributed by atoms with Crippen LogP contribution >= 0.6 is 0 Å². The maximum Gasteiger partial charge on any atom is 0.322 e. The molecule has 0 saturated carbocycles. The Morgan fingerprint density at radius 2 is 1.86 bits per heavy atom. The molecule has 0 rings (SSSR count). The minimum absolute atomic E-state index is 0.152. The van der Waals surface area contributed by atoms with Gasteiger partial charge in [0.2, 0.25) is 5.91 Å². The lowest BCUT2D eigenvalue weighted by Gasteiger charge is -2.17. The Bertz CT molecular complexity index is 206.